The molecule has 0 aromatic rings. The second kappa shape index (κ2) is 3.00. The number of rotatable bonds is 1. The minimum atomic E-state index is 0.602. The molecule has 2 aliphatic rings. The molecule has 0 amide bonds. The molecule has 0 spiro atoms. The lowest BCUT2D eigenvalue weighted by molar-refractivity contribution is -0.0153. The van der Waals surface area contributed by atoms with Crippen LogP contribution in [0.25, 0.3) is 0 Å². The first-order chi connectivity index (χ1) is 5.67. The van der Waals surface area contributed by atoms with Crippen LogP contribution >= 0.6 is 0 Å². The van der Waals surface area contributed by atoms with Crippen LogP contribution in [0, 0.1) is 5.41 Å². The van der Waals surface area contributed by atoms with Crippen molar-refractivity contribution in [2.75, 3.05) is 26.2 Å². The average molecular weight is 168 g/mol. The number of likely N-dealkylation sites (tertiary alicyclic amines) is 1. The molecule has 0 saturated carbocycles. The third-order valence-electron chi connectivity index (χ3n) is 3.09. The van der Waals surface area contributed by atoms with Gasteiger partial charge in [0, 0.05) is 19.1 Å². The van der Waals surface area contributed by atoms with E-state index in [2.05, 4.69) is 24.1 Å². The monoisotopic (exact) mass is 168 g/mol. The van der Waals surface area contributed by atoms with Crippen LogP contribution in [0.5, 0.6) is 0 Å². The molecule has 2 heteroatoms. The second-order valence-corrected chi connectivity index (χ2v) is 5.05. The quantitative estimate of drug-likeness (QED) is 0.630. The fourth-order valence-corrected chi connectivity index (χ4v) is 2.48. The van der Waals surface area contributed by atoms with Crippen LogP contribution in [0.2, 0.25) is 0 Å². The summed E-state index contributed by atoms with van der Waals surface area (Å²) in [4.78, 5) is 2.65. The van der Waals surface area contributed by atoms with Crippen molar-refractivity contribution in [2.24, 2.45) is 5.41 Å². The number of nitrogens with one attached hydrogen (secondary N) is 1. The lowest BCUT2D eigenvalue weighted by Crippen LogP contribution is -2.58. The molecular formula is C10H20N2. The molecule has 0 radical (unpaired) electrons. The molecule has 0 unspecified atom stereocenters. The smallest absolute Gasteiger partial charge is 0.0120 e. The van der Waals surface area contributed by atoms with Gasteiger partial charge in [0.2, 0.25) is 0 Å². The number of nitrogens with zero attached hydrogens (tertiary/aromatic N) is 1. The zero-order valence-electron chi connectivity index (χ0n) is 8.27. The summed E-state index contributed by atoms with van der Waals surface area (Å²) < 4.78 is 0. The van der Waals surface area contributed by atoms with E-state index in [9.17, 15) is 0 Å². The minimum absolute atomic E-state index is 0.602. The van der Waals surface area contributed by atoms with Gasteiger partial charge in [0.15, 0.2) is 0 Å². The highest BCUT2D eigenvalue weighted by Crippen LogP contribution is 2.32. The van der Waals surface area contributed by atoms with Gasteiger partial charge >= 0.3 is 0 Å². The lowest BCUT2D eigenvalue weighted by atomic mass is 9.82. The topological polar surface area (TPSA) is 15.3 Å². The highest BCUT2D eigenvalue weighted by molar-refractivity contribution is 4.92. The molecule has 2 saturated heterocycles. The summed E-state index contributed by atoms with van der Waals surface area (Å²) >= 11 is 0. The Morgan fingerprint density at radius 3 is 2.25 bits per heavy atom. The molecule has 0 bridgehead atoms. The van der Waals surface area contributed by atoms with Crippen LogP contribution in [0.15, 0.2) is 0 Å². The molecule has 2 heterocycles. The molecule has 0 aliphatic carbocycles. The maximum Gasteiger partial charge on any atom is 0.0120 e. The number of hydrogen-bond donors (Lipinski definition) is 1. The van der Waals surface area contributed by atoms with E-state index in [1.165, 1.54) is 39.0 Å². The van der Waals surface area contributed by atoms with E-state index >= 15 is 0 Å². The summed E-state index contributed by atoms with van der Waals surface area (Å²) in [6.07, 6.45) is 2.71. The molecule has 1 N–H and O–H groups in total. The van der Waals surface area contributed by atoms with E-state index in [4.69, 9.17) is 0 Å². The Balaban J connectivity index is 1.79. The Labute approximate surface area is 75.3 Å². The van der Waals surface area contributed by atoms with Crippen molar-refractivity contribution < 1.29 is 0 Å². The molecule has 2 nitrogen and oxygen atoms in total. The fraction of sp³-hybridized carbons (Fsp3) is 1.00. The Kier molecular flexibility index (Phi) is 2.13. The molecule has 2 fully saturated rings. The third-order valence-corrected chi connectivity index (χ3v) is 3.09. The van der Waals surface area contributed by atoms with Crippen LogP contribution in [0.4, 0.5) is 0 Å². The van der Waals surface area contributed by atoms with Gasteiger partial charge in [0.1, 0.15) is 0 Å². The van der Waals surface area contributed by atoms with E-state index in [1.54, 1.807) is 0 Å². The van der Waals surface area contributed by atoms with E-state index in [-0.39, 0.29) is 0 Å². The molecular weight excluding hydrogens is 148 g/mol. The van der Waals surface area contributed by atoms with Crippen LogP contribution < -0.4 is 5.32 Å². The second-order valence-electron chi connectivity index (χ2n) is 5.05. The first-order valence-corrected chi connectivity index (χ1v) is 5.12. The maximum atomic E-state index is 3.41. The van der Waals surface area contributed by atoms with Gasteiger partial charge in [-0.15, -0.1) is 0 Å². The van der Waals surface area contributed by atoms with Crippen LogP contribution in [0.1, 0.15) is 26.7 Å². The van der Waals surface area contributed by atoms with Gasteiger partial charge in [-0.25, -0.2) is 0 Å². The molecule has 0 aromatic heterocycles. The molecule has 2 aliphatic heterocycles. The Bertz CT molecular complexity index is 151. The normalized spacial score (nSPS) is 31.5. The molecule has 0 aromatic carbocycles. The van der Waals surface area contributed by atoms with Gasteiger partial charge in [-0.1, -0.05) is 13.8 Å². The van der Waals surface area contributed by atoms with Crippen molar-refractivity contribution in [1.29, 1.82) is 0 Å². The largest absolute Gasteiger partial charge is 0.317 e. The van der Waals surface area contributed by atoms with Crippen molar-refractivity contribution in [1.82, 2.24) is 10.2 Å². The first-order valence-electron chi connectivity index (χ1n) is 5.12. The van der Waals surface area contributed by atoms with Crippen molar-refractivity contribution in [3.63, 3.8) is 0 Å². The van der Waals surface area contributed by atoms with E-state index < -0.39 is 0 Å². The third kappa shape index (κ3) is 1.64. The van der Waals surface area contributed by atoms with Crippen molar-refractivity contribution in [3.05, 3.63) is 0 Å². The molecule has 2 rings (SSSR count). The summed E-state index contributed by atoms with van der Waals surface area (Å²) in [6.45, 7) is 9.81. The molecule has 0 atom stereocenters. The van der Waals surface area contributed by atoms with Gasteiger partial charge in [-0.2, -0.15) is 0 Å². The number of piperidine rings is 1. The van der Waals surface area contributed by atoms with Crippen molar-refractivity contribution >= 4 is 0 Å². The minimum Gasteiger partial charge on any atom is -0.317 e. The SMILES string of the molecule is CC1(C)CN(C2CCNCC2)C1. The fourth-order valence-electron chi connectivity index (χ4n) is 2.48. The standard InChI is InChI=1S/C10H20N2/c1-10(2)7-12(8-10)9-3-5-11-6-4-9/h9,11H,3-8H2,1-2H3. The van der Waals surface area contributed by atoms with E-state index in [1.807, 2.05) is 0 Å². The Morgan fingerprint density at radius 1 is 1.17 bits per heavy atom. The first kappa shape index (κ1) is 8.52. The molecule has 70 valence electrons. The summed E-state index contributed by atoms with van der Waals surface area (Å²) in [7, 11) is 0. The van der Waals surface area contributed by atoms with E-state index in [0.29, 0.717) is 5.41 Å². The van der Waals surface area contributed by atoms with Gasteiger partial charge in [0.05, 0.1) is 0 Å². The predicted molar refractivity (Wildman–Crippen MR) is 51.2 cm³/mol. The van der Waals surface area contributed by atoms with Gasteiger partial charge in [-0.05, 0) is 31.3 Å². The van der Waals surface area contributed by atoms with Gasteiger partial charge in [0.25, 0.3) is 0 Å². The zero-order valence-corrected chi connectivity index (χ0v) is 8.27. The summed E-state index contributed by atoms with van der Waals surface area (Å²) in [6, 6.07) is 0.888. The van der Waals surface area contributed by atoms with Crippen LogP contribution in [-0.4, -0.2) is 37.1 Å². The highest BCUT2D eigenvalue weighted by Gasteiger charge is 2.37. The maximum absolute atomic E-state index is 3.41. The van der Waals surface area contributed by atoms with E-state index in [0.717, 1.165) is 6.04 Å². The van der Waals surface area contributed by atoms with Gasteiger partial charge < -0.3 is 5.32 Å². The Hall–Kier alpha value is -0.0800. The van der Waals surface area contributed by atoms with Crippen molar-refractivity contribution in [3.8, 4) is 0 Å². The molecule has 12 heavy (non-hydrogen) atoms. The van der Waals surface area contributed by atoms with Crippen LogP contribution in [0.3, 0.4) is 0 Å². The van der Waals surface area contributed by atoms with Crippen LogP contribution in [-0.2, 0) is 0 Å². The Morgan fingerprint density at radius 2 is 1.75 bits per heavy atom. The predicted octanol–water partition coefficient (Wildman–Crippen LogP) is 1.08. The highest BCUT2D eigenvalue weighted by atomic mass is 15.2. The summed E-state index contributed by atoms with van der Waals surface area (Å²) in [5, 5.41) is 3.41. The average Bonchev–Trinajstić information content (AvgIpc) is 2.02. The summed E-state index contributed by atoms with van der Waals surface area (Å²) in [5.41, 5.74) is 0.602. The van der Waals surface area contributed by atoms with Crippen molar-refractivity contribution in [2.45, 2.75) is 32.7 Å². The van der Waals surface area contributed by atoms with Gasteiger partial charge in [-0.3, -0.25) is 4.90 Å². The number of hydrogen-bond acceptors (Lipinski definition) is 2. The zero-order chi connectivity index (χ0) is 8.60. The lowest BCUT2D eigenvalue weighted by Gasteiger charge is -2.51. The summed E-state index contributed by atoms with van der Waals surface area (Å²) in [5.74, 6) is 0.